The molecule has 0 aromatic heterocycles. The summed E-state index contributed by atoms with van der Waals surface area (Å²) in [5.74, 6) is -0.635. The molecule has 0 aliphatic heterocycles. The molecular weight excluding hydrogens is 381 g/mol. The van der Waals surface area contributed by atoms with Gasteiger partial charge < -0.3 is 0 Å². The van der Waals surface area contributed by atoms with Crippen LogP contribution in [-0.4, -0.2) is 25.8 Å². The Morgan fingerprint density at radius 1 is 1.38 bits per heavy atom. The predicted octanol–water partition coefficient (Wildman–Crippen LogP) is 4.38. The second kappa shape index (κ2) is 7.90. The highest BCUT2D eigenvalue weighted by atomic mass is 79.9. The second-order valence-corrected chi connectivity index (χ2v) is 8.07. The number of sulfonamides is 1. The maximum absolute atomic E-state index is 14.4. The fraction of sp³-hybridized carbons (Fsp3) is 0.571. The van der Waals surface area contributed by atoms with Crippen molar-refractivity contribution in [2.45, 2.75) is 38.0 Å². The molecule has 0 radical (unpaired) electrons. The smallest absolute Gasteiger partial charge is 0.207 e. The van der Waals surface area contributed by atoms with Crippen LogP contribution in [0.1, 0.15) is 32.8 Å². The molecule has 1 rings (SSSR count). The monoisotopic (exact) mass is 399 g/mol. The van der Waals surface area contributed by atoms with Crippen LogP contribution < -0.4 is 0 Å². The van der Waals surface area contributed by atoms with Crippen molar-refractivity contribution in [3.63, 3.8) is 0 Å². The summed E-state index contributed by atoms with van der Waals surface area (Å²) >= 11 is 8.88. The Morgan fingerprint density at radius 3 is 2.48 bits per heavy atom. The molecule has 0 spiro atoms. The molecular formula is C14H20BrClFNO2S. The second-order valence-electron chi connectivity index (χ2n) is 4.98. The van der Waals surface area contributed by atoms with Crippen LogP contribution in [0.3, 0.4) is 0 Å². The average molecular weight is 401 g/mol. The first-order valence-corrected chi connectivity index (χ1v) is 9.58. The van der Waals surface area contributed by atoms with E-state index >= 15 is 0 Å². The number of halogens is 3. The summed E-state index contributed by atoms with van der Waals surface area (Å²) in [5.41, 5.74) is 0.171. The highest BCUT2D eigenvalue weighted by Gasteiger charge is 2.28. The largest absolute Gasteiger partial charge is 0.246 e. The highest BCUT2D eigenvalue weighted by molar-refractivity contribution is 9.10. The van der Waals surface area contributed by atoms with Crippen LogP contribution in [0.2, 0.25) is 0 Å². The van der Waals surface area contributed by atoms with Crippen molar-refractivity contribution in [1.29, 1.82) is 0 Å². The normalized spacial score (nSPS) is 13.7. The fourth-order valence-electron chi connectivity index (χ4n) is 1.92. The van der Waals surface area contributed by atoms with E-state index < -0.39 is 15.8 Å². The van der Waals surface area contributed by atoms with E-state index in [2.05, 4.69) is 15.9 Å². The first kappa shape index (κ1) is 18.9. The van der Waals surface area contributed by atoms with Crippen LogP contribution in [0.15, 0.2) is 21.5 Å². The van der Waals surface area contributed by atoms with E-state index in [0.717, 1.165) is 6.42 Å². The first-order chi connectivity index (χ1) is 9.77. The number of benzene rings is 1. The molecule has 0 heterocycles. The summed E-state index contributed by atoms with van der Waals surface area (Å²) in [6.07, 6.45) is 0.861. The van der Waals surface area contributed by atoms with Crippen LogP contribution >= 0.6 is 27.5 Å². The van der Waals surface area contributed by atoms with Gasteiger partial charge >= 0.3 is 0 Å². The van der Waals surface area contributed by atoms with Crippen molar-refractivity contribution >= 4 is 37.6 Å². The van der Waals surface area contributed by atoms with E-state index in [1.54, 1.807) is 6.92 Å². The predicted molar refractivity (Wildman–Crippen MR) is 87.5 cm³/mol. The van der Waals surface area contributed by atoms with Crippen LogP contribution in [-0.2, 0) is 15.9 Å². The molecule has 0 aliphatic rings. The SMILES string of the molecule is CCC(C)CN(CC)S(=O)(=O)c1cc(Br)cc(CCl)c1F. The molecule has 7 heteroatoms. The summed E-state index contributed by atoms with van der Waals surface area (Å²) in [6.45, 7) is 6.39. The average Bonchev–Trinajstić information content (AvgIpc) is 2.45. The topological polar surface area (TPSA) is 37.4 Å². The molecule has 1 atom stereocenters. The molecule has 0 saturated carbocycles. The van der Waals surface area contributed by atoms with Gasteiger partial charge in [-0.05, 0) is 18.1 Å². The Bertz CT molecular complexity index is 595. The van der Waals surface area contributed by atoms with Gasteiger partial charge in [0.05, 0.1) is 5.88 Å². The van der Waals surface area contributed by atoms with E-state index in [9.17, 15) is 12.8 Å². The summed E-state index contributed by atoms with van der Waals surface area (Å²) in [7, 11) is -3.87. The van der Waals surface area contributed by atoms with E-state index in [-0.39, 0.29) is 22.3 Å². The van der Waals surface area contributed by atoms with Crippen molar-refractivity contribution in [2.24, 2.45) is 5.92 Å². The van der Waals surface area contributed by atoms with Crippen molar-refractivity contribution in [2.75, 3.05) is 13.1 Å². The molecule has 0 saturated heterocycles. The van der Waals surface area contributed by atoms with Crippen LogP contribution in [0.25, 0.3) is 0 Å². The summed E-state index contributed by atoms with van der Waals surface area (Å²) in [6, 6.07) is 2.78. The quantitative estimate of drug-likeness (QED) is 0.637. The number of rotatable bonds is 7. The zero-order valence-electron chi connectivity index (χ0n) is 12.4. The molecule has 1 aromatic carbocycles. The lowest BCUT2D eigenvalue weighted by Crippen LogP contribution is -2.35. The Morgan fingerprint density at radius 2 is 2.00 bits per heavy atom. The van der Waals surface area contributed by atoms with Gasteiger partial charge in [-0.2, -0.15) is 4.31 Å². The fourth-order valence-corrected chi connectivity index (χ4v) is 4.47. The van der Waals surface area contributed by atoms with Gasteiger partial charge in [-0.15, -0.1) is 11.6 Å². The highest BCUT2D eigenvalue weighted by Crippen LogP contribution is 2.28. The van der Waals surface area contributed by atoms with Crippen molar-refractivity contribution < 1.29 is 12.8 Å². The van der Waals surface area contributed by atoms with Gasteiger partial charge in [0.1, 0.15) is 10.7 Å². The minimum absolute atomic E-state index is 0.0781. The minimum atomic E-state index is -3.87. The van der Waals surface area contributed by atoms with E-state index in [4.69, 9.17) is 11.6 Å². The molecule has 1 aromatic rings. The van der Waals surface area contributed by atoms with Gasteiger partial charge in [-0.3, -0.25) is 0 Å². The van der Waals surface area contributed by atoms with Gasteiger partial charge in [-0.1, -0.05) is 43.1 Å². The summed E-state index contributed by atoms with van der Waals surface area (Å²) in [5, 5.41) is 0. The molecule has 0 aliphatic carbocycles. The molecule has 0 fully saturated rings. The lowest BCUT2D eigenvalue weighted by atomic mass is 10.1. The van der Waals surface area contributed by atoms with E-state index in [1.807, 2.05) is 13.8 Å². The maximum Gasteiger partial charge on any atom is 0.246 e. The standard InChI is InChI=1S/C14H20BrClFNO2S/c1-4-10(3)9-18(5-2)21(19,20)13-7-12(15)6-11(8-16)14(13)17/h6-7,10H,4-5,8-9H2,1-3H3. The number of hydrogen-bond donors (Lipinski definition) is 0. The lowest BCUT2D eigenvalue weighted by molar-refractivity contribution is 0.359. The summed E-state index contributed by atoms with van der Waals surface area (Å²) in [4.78, 5) is -0.322. The molecule has 1 unspecified atom stereocenters. The van der Waals surface area contributed by atoms with Gasteiger partial charge in [0, 0.05) is 23.1 Å². The zero-order chi connectivity index (χ0) is 16.2. The van der Waals surface area contributed by atoms with Gasteiger partial charge in [-0.25, -0.2) is 12.8 Å². The van der Waals surface area contributed by atoms with Crippen LogP contribution in [0.4, 0.5) is 4.39 Å². The Balaban J connectivity index is 3.32. The van der Waals surface area contributed by atoms with Crippen LogP contribution in [0.5, 0.6) is 0 Å². The maximum atomic E-state index is 14.4. The van der Waals surface area contributed by atoms with Crippen molar-refractivity contribution in [3.05, 3.63) is 28.0 Å². The van der Waals surface area contributed by atoms with E-state index in [1.165, 1.54) is 16.4 Å². The first-order valence-electron chi connectivity index (χ1n) is 6.81. The molecule has 0 bridgehead atoms. The van der Waals surface area contributed by atoms with Gasteiger partial charge in [0.15, 0.2) is 0 Å². The Hall–Kier alpha value is -0.170. The Labute approximate surface area is 139 Å². The third-order valence-corrected chi connectivity index (χ3v) is 6.09. The number of nitrogens with zero attached hydrogens (tertiary/aromatic N) is 1. The van der Waals surface area contributed by atoms with Gasteiger partial charge in [0.2, 0.25) is 10.0 Å². The minimum Gasteiger partial charge on any atom is -0.207 e. The number of hydrogen-bond acceptors (Lipinski definition) is 2. The molecule has 3 nitrogen and oxygen atoms in total. The zero-order valence-corrected chi connectivity index (χ0v) is 15.5. The van der Waals surface area contributed by atoms with Crippen LogP contribution in [0, 0.1) is 11.7 Å². The van der Waals surface area contributed by atoms with E-state index in [0.29, 0.717) is 17.6 Å². The molecule has 0 N–H and O–H groups in total. The molecule has 120 valence electrons. The lowest BCUT2D eigenvalue weighted by Gasteiger charge is -2.24. The Kier molecular flexibility index (Phi) is 7.10. The van der Waals surface area contributed by atoms with Crippen molar-refractivity contribution in [1.82, 2.24) is 4.31 Å². The summed E-state index contributed by atoms with van der Waals surface area (Å²) < 4.78 is 41.5. The molecule has 21 heavy (non-hydrogen) atoms. The number of alkyl halides is 1. The third kappa shape index (κ3) is 4.41. The van der Waals surface area contributed by atoms with Gasteiger partial charge in [0.25, 0.3) is 0 Å². The van der Waals surface area contributed by atoms with Crippen molar-refractivity contribution in [3.8, 4) is 0 Å². The molecule has 0 amide bonds. The third-order valence-electron chi connectivity index (χ3n) is 3.41.